The summed E-state index contributed by atoms with van der Waals surface area (Å²) in [6.45, 7) is 0. The minimum atomic E-state index is -4.38. The van der Waals surface area contributed by atoms with Crippen LogP contribution in [0.1, 0.15) is 15.9 Å². The van der Waals surface area contributed by atoms with E-state index in [2.05, 4.69) is 4.98 Å². The molecule has 0 saturated carbocycles. The summed E-state index contributed by atoms with van der Waals surface area (Å²) < 4.78 is 39.5. The van der Waals surface area contributed by atoms with Crippen LogP contribution in [0.15, 0.2) is 65.0 Å². The van der Waals surface area contributed by atoms with Gasteiger partial charge in [-0.25, -0.2) is 4.98 Å². The molecule has 0 spiro atoms. The van der Waals surface area contributed by atoms with E-state index in [1.807, 2.05) is 36.4 Å². The van der Waals surface area contributed by atoms with Crippen molar-refractivity contribution in [1.82, 2.24) is 4.98 Å². The highest BCUT2D eigenvalue weighted by Crippen LogP contribution is 2.35. The number of nitrogens with zero attached hydrogens (tertiary/aromatic N) is 1. The molecule has 0 bridgehead atoms. The third-order valence-electron chi connectivity index (χ3n) is 4.09. The van der Waals surface area contributed by atoms with Crippen LogP contribution in [-0.4, -0.2) is 16.5 Å². The van der Waals surface area contributed by atoms with Crippen LogP contribution in [0.5, 0.6) is 0 Å². The van der Waals surface area contributed by atoms with Gasteiger partial charge >= 0.3 is 6.18 Å². The zero-order valence-corrected chi connectivity index (χ0v) is 15.4. The van der Waals surface area contributed by atoms with Gasteiger partial charge in [-0.15, -0.1) is 11.3 Å². The lowest BCUT2D eigenvalue weighted by molar-refractivity contribution is -0.137. The Labute approximate surface area is 161 Å². The lowest BCUT2D eigenvalue weighted by Gasteiger charge is -2.04. The van der Waals surface area contributed by atoms with Gasteiger partial charge in [-0.3, -0.25) is 4.79 Å². The van der Waals surface area contributed by atoms with Crippen molar-refractivity contribution in [3.63, 3.8) is 0 Å². The molecule has 0 unspecified atom stereocenters. The van der Waals surface area contributed by atoms with Crippen molar-refractivity contribution >= 4 is 49.9 Å². The lowest BCUT2D eigenvalue weighted by atomic mass is 10.1. The number of ketones is 1. The minimum absolute atomic E-state index is 0.0408. The van der Waals surface area contributed by atoms with Crippen LogP contribution in [0.25, 0.3) is 21.0 Å². The Bertz CT molecular complexity index is 1150. The number of alkyl halides is 3. The first-order valence-corrected chi connectivity index (χ1v) is 9.83. The fraction of sp³-hybridized carbons (Fsp3) is 0.100. The Morgan fingerprint density at radius 2 is 1.78 bits per heavy atom. The van der Waals surface area contributed by atoms with Crippen LogP contribution in [0.4, 0.5) is 13.2 Å². The Hall–Kier alpha value is -2.38. The van der Waals surface area contributed by atoms with E-state index in [9.17, 15) is 18.0 Å². The molecule has 3 aromatic carbocycles. The molecule has 0 atom stereocenters. The number of thioether (sulfide) groups is 1. The van der Waals surface area contributed by atoms with Crippen LogP contribution in [0.2, 0.25) is 0 Å². The molecule has 27 heavy (non-hydrogen) atoms. The SMILES string of the molecule is O=C(CSc1nc2ccc(C(F)(F)F)cc2s1)c1ccc2ccccc2c1. The zero-order valence-electron chi connectivity index (χ0n) is 13.8. The summed E-state index contributed by atoms with van der Waals surface area (Å²) >= 11 is 2.41. The van der Waals surface area contributed by atoms with E-state index in [1.54, 1.807) is 6.07 Å². The predicted molar refractivity (Wildman–Crippen MR) is 104 cm³/mol. The molecule has 0 amide bonds. The molecule has 1 heterocycles. The maximum absolute atomic E-state index is 12.8. The fourth-order valence-corrected chi connectivity index (χ4v) is 4.72. The summed E-state index contributed by atoms with van der Waals surface area (Å²) in [5.41, 5.74) is 0.428. The number of carbonyl (C=O) groups is 1. The van der Waals surface area contributed by atoms with E-state index in [0.717, 1.165) is 22.9 Å². The molecule has 0 aliphatic carbocycles. The third-order valence-corrected chi connectivity index (χ3v) is 6.26. The van der Waals surface area contributed by atoms with E-state index >= 15 is 0 Å². The standard InChI is InChI=1S/C20H12F3NOS2/c21-20(22,23)15-7-8-16-18(10-15)27-19(24-16)26-11-17(25)14-6-5-12-3-1-2-4-13(12)9-14/h1-10H,11H2. The Morgan fingerprint density at radius 3 is 2.56 bits per heavy atom. The highest BCUT2D eigenvalue weighted by molar-refractivity contribution is 8.01. The normalized spacial score (nSPS) is 12.0. The Balaban J connectivity index is 1.51. The number of Topliss-reactive ketones (excluding diaryl/α,β-unsaturated/α-hetero) is 1. The van der Waals surface area contributed by atoms with Gasteiger partial charge < -0.3 is 0 Å². The molecular formula is C20H12F3NOS2. The second-order valence-corrected chi connectivity index (χ2v) is 8.19. The molecule has 0 aliphatic rings. The van der Waals surface area contributed by atoms with Crippen molar-refractivity contribution in [3.05, 3.63) is 71.8 Å². The first-order chi connectivity index (χ1) is 12.9. The van der Waals surface area contributed by atoms with Gasteiger partial charge in [0.2, 0.25) is 0 Å². The second-order valence-electron chi connectivity index (χ2n) is 5.93. The van der Waals surface area contributed by atoms with Crippen LogP contribution in [0, 0.1) is 0 Å². The highest BCUT2D eigenvalue weighted by atomic mass is 32.2. The Morgan fingerprint density at radius 1 is 1.00 bits per heavy atom. The summed E-state index contributed by atoms with van der Waals surface area (Å²) in [5, 5.41) is 2.06. The number of aromatic nitrogens is 1. The number of thiazole rings is 1. The minimum Gasteiger partial charge on any atom is -0.293 e. The number of halogens is 3. The number of carbonyl (C=O) groups excluding carboxylic acids is 1. The van der Waals surface area contributed by atoms with Gasteiger partial charge in [-0.1, -0.05) is 48.2 Å². The molecule has 136 valence electrons. The van der Waals surface area contributed by atoms with Crippen LogP contribution < -0.4 is 0 Å². The fourth-order valence-electron chi connectivity index (χ4n) is 2.71. The average molecular weight is 403 g/mol. The third kappa shape index (κ3) is 3.84. The number of rotatable bonds is 4. The predicted octanol–water partition coefficient (Wildman–Crippen LogP) is 6.44. The smallest absolute Gasteiger partial charge is 0.293 e. The maximum atomic E-state index is 12.8. The average Bonchev–Trinajstić information content (AvgIpc) is 3.07. The van der Waals surface area contributed by atoms with Crippen molar-refractivity contribution in [2.24, 2.45) is 0 Å². The van der Waals surface area contributed by atoms with E-state index in [-0.39, 0.29) is 11.5 Å². The van der Waals surface area contributed by atoms with Gasteiger partial charge in [0.15, 0.2) is 10.1 Å². The molecule has 0 aliphatic heterocycles. The molecule has 0 N–H and O–H groups in total. The molecule has 0 radical (unpaired) electrons. The van der Waals surface area contributed by atoms with Crippen LogP contribution >= 0.6 is 23.1 Å². The number of hydrogen-bond donors (Lipinski definition) is 0. The van der Waals surface area contributed by atoms with E-state index in [0.29, 0.717) is 20.1 Å². The van der Waals surface area contributed by atoms with Gasteiger partial charge in [0.25, 0.3) is 0 Å². The lowest BCUT2D eigenvalue weighted by Crippen LogP contribution is -2.03. The molecular weight excluding hydrogens is 391 g/mol. The summed E-state index contributed by atoms with van der Waals surface area (Å²) in [6.07, 6.45) is -4.38. The summed E-state index contributed by atoms with van der Waals surface area (Å²) in [4.78, 5) is 16.8. The van der Waals surface area contributed by atoms with E-state index in [4.69, 9.17) is 0 Å². The number of benzene rings is 3. The molecule has 0 saturated heterocycles. The highest BCUT2D eigenvalue weighted by Gasteiger charge is 2.30. The molecule has 2 nitrogen and oxygen atoms in total. The first kappa shape index (κ1) is 18.0. The van der Waals surface area contributed by atoms with E-state index < -0.39 is 11.7 Å². The van der Waals surface area contributed by atoms with Gasteiger partial charge in [0, 0.05) is 5.56 Å². The van der Waals surface area contributed by atoms with Gasteiger partial charge in [0.1, 0.15) is 0 Å². The Kier molecular flexibility index (Phi) is 4.65. The van der Waals surface area contributed by atoms with Crippen molar-refractivity contribution in [2.45, 2.75) is 10.5 Å². The van der Waals surface area contributed by atoms with Crippen LogP contribution in [0.3, 0.4) is 0 Å². The van der Waals surface area contributed by atoms with Crippen molar-refractivity contribution in [2.75, 3.05) is 5.75 Å². The van der Waals surface area contributed by atoms with Crippen LogP contribution in [-0.2, 0) is 6.18 Å². The number of hydrogen-bond acceptors (Lipinski definition) is 4. The monoisotopic (exact) mass is 403 g/mol. The second kappa shape index (κ2) is 6.98. The topological polar surface area (TPSA) is 30.0 Å². The summed E-state index contributed by atoms with van der Waals surface area (Å²) in [7, 11) is 0. The first-order valence-electron chi connectivity index (χ1n) is 8.03. The molecule has 4 aromatic rings. The van der Waals surface area contributed by atoms with Crippen molar-refractivity contribution in [1.29, 1.82) is 0 Å². The van der Waals surface area contributed by atoms with Gasteiger partial charge in [0.05, 0.1) is 21.5 Å². The van der Waals surface area contributed by atoms with Crippen molar-refractivity contribution in [3.8, 4) is 0 Å². The molecule has 7 heteroatoms. The van der Waals surface area contributed by atoms with Gasteiger partial charge in [-0.2, -0.15) is 13.2 Å². The summed E-state index contributed by atoms with van der Waals surface area (Å²) in [5.74, 6) is 0.144. The maximum Gasteiger partial charge on any atom is 0.416 e. The molecule has 1 aromatic heterocycles. The largest absolute Gasteiger partial charge is 0.416 e. The molecule has 0 fully saturated rings. The van der Waals surface area contributed by atoms with Gasteiger partial charge in [-0.05, 0) is 35.0 Å². The van der Waals surface area contributed by atoms with Crippen molar-refractivity contribution < 1.29 is 18.0 Å². The number of fused-ring (bicyclic) bond motifs is 2. The van der Waals surface area contributed by atoms with E-state index in [1.165, 1.54) is 29.2 Å². The summed E-state index contributed by atoms with van der Waals surface area (Å²) in [6, 6.07) is 16.8. The quantitative estimate of drug-likeness (QED) is 0.290. The zero-order chi connectivity index (χ0) is 19.0. The molecule has 4 rings (SSSR count).